The van der Waals surface area contributed by atoms with Gasteiger partial charge in [-0.05, 0) is 6.92 Å². The van der Waals surface area contributed by atoms with Crippen molar-refractivity contribution in [1.82, 2.24) is 9.55 Å². The highest BCUT2D eigenvalue weighted by Crippen LogP contribution is 2.05. The van der Waals surface area contributed by atoms with E-state index in [2.05, 4.69) is 9.72 Å². The van der Waals surface area contributed by atoms with Gasteiger partial charge >= 0.3 is 12.1 Å². The van der Waals surface area contributed by atoms with E-state index in [1.807, 2.05) is 0 Å². The van der Waals surface area contributed by atoms with E-state index in [4.69, 9.17) is 0 Å². The van der Waals surface area contributed by atoms with Crippen molar-refractivity contribution in [2.75, 3.05) is 6.61 Å². The molecule has 1 heterocycles. The Bertz CT molecular complexity index is 256. The first kappa shape index (κ1) is 7.59. The summed E-state index contributed by atoms with van der Waals surface area (Å²) >= 11 is 0. The molecule has 0 aliphatic heterocycles. The number of hydrogen-bond donors (Lipinski definition) is 0. The lowest BCUT2D eigenvalue weighted by Gasteiger charge is -1.99. The first-order chi connectivity index (χ1) is 5.25. The van der Waals surface area contributed by atoms with E-state index in [1.54, 1.807) is 6.92 Å². The van der Waals surface area contributed by atoms with Gasteiger partial charge in [0.25, 0.3) is 0 Å². The van der Waals surface area contributed by atoms with Gasteiger partial charge in [0.2, 0.25) is 0 Å². The highest BCUT2D eigenvalue weighted by molar-refractivity contribution is 5.71. The smallest absolute Gasteiger partial charge is 0.422 e. The van der Waals surface area contributed by atoms with Crippen LogP contribution in [0.2, 0.25) is 0 Å². The molecule has 5 heteroatoms. The number of aromatic nitrogens is 2. The first-order valence-corrected chi connectivity index (χ1v) is 3.13. The van der Waals surface area contributed by atoms with Crippen LogP contribution in [0.15, 0.2) is 12.4 Å². The number of carbonyl (C=O) groups is 1. The van der Waals surface area contributed by atoms with Crippen molar-refractivity contribution in [1.29, 1.82) is 0 Å². The van der Waals surface area contributed by atoms with Crippen molar-refractivity contribution in [3.8, 4) is 6.01 Å². The third-order valence-corrected chi connectivity index (χ3v) is 1.07. The van der Waals surface area contributed by atoms with E-state index in [0.29, 0.717) is 0 Å². The topological polar surface area (TPSA) is 64.0 Å². The normalized spacial score (nSPS) is 9.55. The summed E-state index contributed by atoms with van der Waals surface area (Å²) in [6.45, 7) is 1.91. The number of nitrogens with zero attached hydrogens (tertiary/aromatic N) is 2. The number of ether oxygens (including phenoxy) is 1. The van der Waals surface area contributed by atoms with Gasteiger partial charge in [-0.1, -0.05) is 0 Å². The Balaban J connectivity index is 2.76. The number of imidazole rings is 1. The third kappa shape index (κ3) is 1.49. The van der Waals surface area contributed by atoms with Gasteiger partial charge in [-0.25, -0.2) is 14.5 Å². The molecule has 0 amide bonds. The molecule has 0 atom stereocenters. The van der Waals surface area contributed by atoms with Crippen LogP contribution in [0.5, 0.6) is 6.01 Å². The van der Waals surface area contributed by atoms with Crippen LogP contribution in [0, 0.1) is 0 Å². The largest absolute Gasteiger partial charge is 0.449 e. The Labute approximate surface area is 63.2 Å². The summed E-state index contributed by atoms with van der Waals surface area (Å²) < 4.78 is 5.36. The molecule has 1 rings (SSSR count). The molecule has 0 aliphatic carbocycles. The van der Waals surface area contributed by atoms with Crippen LogP contribution in [0.3, 0.4) is 0 Å². The van der Waals surface area contributed by atoms with Crippen LogP contribution in [0.25, 0.3) is 0 Å². The molecule has 11 heavy (non-hydrogen) atoms. The quantitative estimate of drug-likeness (QED) is 0.608. The van der Waals surface area contributed by atoms with Gasteiger partial charge in [0.05, 0.1) is 6.61 Å². The van der Waals surface area contributed by atoms with Gasteiger partial charge in [0, 0.05) is 12.4 Å². The SMILES string of the molecule is CCOC(=O)n1ccnc1[O]. The molecular formula is C6H7N2O3. The summed E-state index contributed by atoms with van der Waals surface area (Å²) in [7, 11) is 0. The number of carbonyl (C=O) groups excluding carboxylic acids is 1. The van der Waals surface area contributed by atoms with E-state index in [1.165, 1.54) is 12.4 Å². The lowest BCUT2D eigenvalue weighted by atomic mass is 10.8. The van der Waals surface area contributed by atoms with Crippen molar-refractivity contribution in [3.63, 3.8) is 0 Å². The van der Waals surface area contributed by atoms with Crippen molar-refractivity contribution >= 4 is 6.09 Å². The molecule has 59 valence electrons. The molecule has 0 saturated heterocycles. The minimum atomic E-state index is -0.685. The molecule has 1 aromatic heterocycles. The van der Waals surface area contributed by atoms with Gasteiger partial charge in [-0.3, -0.25) is 0 Å². The summed E-state index contributed by atoms with van der Waals surface area (Å²) in [5.41, 5.74) is 0. The van der Waals surface area contributed by atoms with Crippen molar-refractivity contribution in [2.45, 2.75) is 6.92 Å². The van der Waals surface area contributed by atoms with Crippen molar-refractivity contribution in [2.24, 2.45) is 0 Å². The molecule has 0 aliphatic rings. The predicted octanol–water partition coefficient (Wildman–Crippen LogP) is 1.03. The second kappa shape index (κ2) is 3.05. The first-order valence-electron chi connectivity index (χ1n) is 3.13. The van der Waals surface area contributed by atoms with Crippen molar-refractivity contribution in [3.05, 3.63) is 12.4 Å². The molecule has 0 aromatic carbocycles. The maximum atomic E-state index is 10.8. The average Bonchev–Trinajstić information content (AvgIpc) is 2.36. The monoisotopic (exact) mass is 155 g/mol. The lowest BCUT2D eigenvalue weighted by molar-refractivity contribution is 0.148. The molecule has 1 radical (unpaired) electrons. The third-order valence-electron chi connectivity index (χ3n) is 1.07. The highest BCUT2D eigenvalue weighted by Gasteiger charge is 2.10. The predicted molar refractivity (Wildman–Crippen MR) is 34.8 cm³/mol. The Morgan fingerprint density at radius 1 is 1.82 bits per heavy atom. The van der Waals surface area contributed by atoms with Crippen LogP contribution in [-0.2, 0) is 9.84 Å². The summed E-state index contributed by atoms with van der Waals surface area (Å²) in [4.78, 5) is 14.2. The maximum Gasteiger partial charge on any atom is 0.422 e. The van der Waals surface area contributed by atoms with Crippen molar-refractivity contribution < 1.29 is 14.6 Å². The minimum Gasteiger partial charge on any atom is -0.449 e. The highest BCUT2D eigenvalue weighted by atomic mass is 16.5. The molecule has 0 unspecified atom stereocenters. The van der Waals surface area contributed by atoms with E-state index in [-0.39, 0.29) is 6.61 Å². The van der Waals surface area contributed by atoms with Gasteiger partial charge < -0.3 is 4.74 Å². The van der Waals surface area contributed by atoms with E-state index in [9.17, 15) is 9.90 Å². The molecular weight excluding hydrogens is 148 g/mol. The molecule has 0 saturated carbocycles. The molecule has 0 fully saturated rings. The summed E-state index contributed by atoms with van der Waals surface area (Å²) in [6, 6.07) is -0.608. The van der Waals surface area contributed by atoms with Gasteiger partial charge in [-0.15, -0.1) is 0 Å². The molecule has 1 aromatic rings. The van der Waals surface area contributed by atoms with Crippen LogP contribution in [0.1, 0.15) is 6.92 Å². The molecule has 0 N–H and O–H groups in total. The maximum absolute atomic E-state index is 10.8. The molecule has 0 spiro atoms. The van der Waals surface area contributed by atoms with Crippen LogP contribution in [-0.4, -0.2) is 22.3 Å². The van der Waals surface area contributed by atoms with Crippen LogP contribution < -0.4 is 0 Å². The van der Waals surface area contributed by atoms with Crippen LogP contribution >= 0.6 is 0 Å². The van der Waals surface area contributed by atoms with Gasteiger partial charge in [0.15, 0.2) is 0 Å². The van der Waals surface area contributed by atoms with E-state index in [0.717, 1.165) is 4.57 Å². The lowest BCUT2D eigenvalue weighted by Crippen LogP contribution is -2.11. The fourth-order valence-corrected chi connectivity index (χ4v) is 0.622. The van der Waals surface area contributed by atoms with Gasteiger partial charge in [0.1, 0.15) is 0 Å². The number of hydrogen-bond acceptors (Lipinski definition) is 3. The summed E-state index contributed by atoms with van der Waals surface area (Å²) in [5.74, 6) is 0. The summed E-state index contributed by atoms with van der Waals surface area (Å²) in [6.07, 6.45) is 1.83. The Morgan fingerprint density at radius 3 is 3.00 bits per heavy atom. The second-order valence-electron chi connectivity index (χ2n) is 1.78. The average molecular weight is 155 g/mol. The summed E-state index contributed by atoms with van der Waals surface area (Å²) in [5, 5.41) is 10.7. The zero-order chi connectivity index (χ0) is 8.27. The fraction of sp³-hybridized carbons (Fsp3) is 0.333. The number of rotatable bonds is 1. The van der Waals surface area contributed by atoms with Crippen LogP contribution in [0.4, 0.5) is 4.79 Å². The fourth-order valence-electron chi connectivity index (χ4n) is 0.622. The van der Waals surface area contributed by atoms with E-state index < -0.39 is 12.1 Å². The second-order valence-corrected chi connectivity index (χ2v) is 1.78. The van der Waals surface area contributed by atoms with E-state index >= 15 is 0 Å². The zero-order valence-corrected chi connectivity index (χ0v) is 5.98. The Hall–Kier alpha value is -1.52. The molecule has 0 bridgehead atoms. The van der Waals surface area contributed by atoms with Gasteiger partial charge in [-0.2, -0.15) is 4.98 Å². The standard InChI is InChI=1S/C6H7N2O3/c1-2-11-6(10)8-4-3-7-5(8)9/h3-4H,2H2,1H3. The minimum absolute atomic E-state index is 0.246. The Kier molecular flexibility index (Phi) is 2.10. The zero-order valence-electron chi connectivity index (χ0n) is 5.98. The molecule has 5 nitrogen and oxygen atoms in total. The Morgan fingerprint density at radius 2 is 2.55 bits per heavy atom.